The van der Waals surface area contributed by atoms with Crippen LogP contribution in [0.2, 0.25) is 0 Å². The van der Waals surface area contributed by atoms with Crippen LogP contribution < -0.4 is 4.74 Å². The minimum atomic E-state index is -0.452. The molecular formula is C12H20N2O2. The highest BCUT2D eigenvalue weighted by atomic mass is 16.5. The molecule has 16 heavy (non-hydrogen) atoms. The van der Waals surface area contributed by atoms with Crippen molar-refractivity contribution >= 4 is 0 Å². The average Bonchev–Trinajstić information content (AvgIpc) is 2.94. The topological polar surface area (TPSA) is 47.3 Å². The van der Waals surface area contributed by atoms with E-state index in [1.165, 1.54) is 12.8 Å². The maximum atomic E-state index is 10.2. The zero-order chi connectivity index (χ0) is 11.7. The van der Waals surface area contributed by atoms with Gasteiger partial charge in [0.05, 0.1) is 19.4 Å². The Morgan fingerprint density at radius 2 is 2.25 bits per heavy atom. The van der Waals surface area contributed by atoms with Crippen molar-refractivity contribution in [3.05, 3.63) is 11.9 Å². The lowest BCUT2D eigenvalue weighted by Crippen LogP contribution is -2.12. The molecule has 4 nitrogen and oxygen atoms in total. The van der Waals surface area contributed by atoms with Gasteiger partial charge < -0.3 is 9.84 Å². The number of aromatic nitrogens is 2. The first-order valence-electron chi connectivity index (χ1n) is 5.93. The summed E-state index contributed by atoms with van der Waals surface area (Å²) < 4.78 is 7.11. The van der Waals surface area contributed by atoms with Gasteiger partial charge in [0.2, 0.25) is 0 Å². The summed E-state index contributed by atoms with van der Waals surface area (Å²) in [4.78, 5) is 0. The fraction of sp³-hybridized carbons (Fsp3) is 0.750. The predicted octanol–water partition coefficient (Wildman–Crippen LogP) is 2.31. The van der Waals surface area contributed by atoms with Crippen molar-refractivity contribution < 1.29 is 9.84 Å². The van der Waals surface area contributed by atoms with Crippen molar-refractivity contribution in [1.29, 1.82) is 0 Å². The van der Waals surface area contributed by atoms with E-state index in [2.05, 4.69) is 18.9 Å². The first-order chi connectivity index (χ1) is 7.63. The summed E-state index contributed by atoms with van der Waals surface area (Å²) in [6.07, 6.45) is 4.55. The molecule has 0 saturated heterocycles. The highest BCUT2D eigenvalue weighted by Gasteiger charge is 2.29. The van der Waals surface area contributed by atoms with E-state index < -0.39 is 6.10 Å². The van der Waals surface area contributed by atoms with Gasteiger partial charge in [0, 0.05) is 6.04 Å². The number of ether oxygens (including phenoxy) is 1. The number of aliphatic hydroxyl groups excluding tert-OH is 1. The number of rotatable bonds is 5. The quantitative estimate of drug-likeness (QED) is 0.834. The molecule has 0 radical (unpaired) electrons. The SMILES string of the molecule is COc1cnn(C(C)C)c1C(O)CC1CC1. The van der Waals surface area contributed by atoms with E-state index >= 15 is 0 Å². The van der Waals surface area contributed by atoms with Crippen molar-refractivity contribution in [2.75, 3.05) is 7.11 Å². The fourth-order valence-corrected chi connectivity index (χ4v) is 2.02. The predicted molar refractivity (Wildman–Crippen MR) is 61.5 cm³/mol. The lowest BCUT2D eigenvalue weighted by Gasteiger charge is -2.16. The summed E-state index contributed by atoms with van der Waals surface area (Å²) in [5, 5.41) is 14.5. The van der Waals surface area contributed by atoms with E-state index in [0.717, 1.165) is 12.1 Å². The Bertz CT molecular complexity index is 356. The summed E-state index contributed by atoms with van der Waals surface area (Å²) in [6, 6.07) is 0.243. The minimum absolute atomic E-state index is 0.243. The molecule has 1 aromatic heterocycles. The van der Waals surface area contributed by atoms with Crippen molar-refractivity contribution in [2.45, 2.75) is 45.3 Å². The Kier molecular flexibility index (Phi) is 3.19. The van der Waals surface area contributed by atoms with Gasteiger partial charge >= 0.3 is 0 Å². The van der Waals surface area contributed by atoms with E-state index in [4.69, 9.17) is 4.74 Å². The van der Waals surface area contributed by atoms with Gasteiger partial charge in [-0.3, -0.25) is 4.68 Å². The van der Waals surface area contributed by atoms with Crippen LogP contribution in [0.25, 0.3) is 0 Å². The largest absolute Gasteiger partial charge is 0.493 e. The summed E-state index contributed by atoms with van der Waals surface area (Å²) in [5.74, 6) is 1.39. The van der Waals surface area contributed by atoms with E-state index in [0.29, 0.717) is 11.7 Å². The molecule has 1 atom stereocenters. The standard InChI is InChI=1S/C12H20N2O2/c1-8(2)14-12(11(16-3)7-13-14)10(15)6-9-4-5-9/h7-10,15H,4-6H2,1-3H3. The molecule has 4 heteroatoms. The first-order valence-corrected chi connectivity index (χ1v) is 5.93. The normalized spacial score (nSPS) is 17.8. The maximum Gasteiger partial charge on any atom is 0.162 e. The molecule has 1 unspecified atom stereocenters. The summed E-state index contributed by atoms with van der Waals surface area (Å²) >= 11 is 0. The number of hydrogen-bond donors (Lipinski definition) is 1. The van der Waals surface area contributed by atoms with Crippen LogP contribution in [-0.2, 0) is 0 Å². The monoisotopic (exact) mass is 224 g/mol. The van der Waals surface area contributed by atoms with Crippen LogP contribution >= 0.6 is 0 Å². The van der Waals surface area contributed by atoms with Gasteiger partial charge in [0.1, 0.15) is 5.69 Å². The molecule has 90 valence electrons. The van der Waals surface area contributed by atoms with Crippen molar-refractivity contribution in [2.24, 2.45) is 5.92 Å². The number of hydrogen-bond acceptors (Lipinski definition) is 3. The molecule has 0 amide bonds. The summed E-state index contributed by atoms with van der Waals surface area (Å²) in [6.45, 7) is 4.11. The second kappa shape index (κ2) is 4.45. The van der Waals surface area contributed by atoms with E-state index in [-0.39, 0.29) is 6.04 Å². The molecule has 1 aliphatic carbocycles. The second-order valence-corrected chi connectivity index (χ2v) is 4.83. The number of methoxy groups -OCH3 is 1. The smallest absolute Gasteiger partial charge is 0.162 e. The van der Waals surface area contributed by atoms with Crippen LogP contribution in [0.1, 0.15) is 50.9 Å². The molecule has 0 aliphatic heterocycles. The molecule has 2 rings (SSSR count). The van der Waals surface area contributed by atoms with Gasteiger partial charge in [-0.1, -0.05) is 12.8 Å². The molecule has 1 fully saturated rings. The Labute approximate surface area is 96.2 Å². The van der Waals surface area contributed by atoms with Gasteiger partial charge in [-0.25, -0.2) is 0 Å². The lowest BCUT2D eigenvalue weighted by molar-refractivity contribution is 0.143. The lowest BCUT2D eigenvalue weighted by atomic mass is 10.1. The van der Waals surface area contributed by atoms with Gasteiger partial charge in [-0.05, 0) is 26.2 Å². The zero-order valence-electron chi connectivity index (χ0n) is 10.2. The van der Waals surface area contributed by atoms with Gasteiger partial charge in [-0.2, -0.15) is 5.10 Å². The molecule has 1 aromatic rings. The second-order valence-electron chi connectivity index (χ2n) is 4.83. The van der Waals surface area contributed by atoms with Crippen molar-refractivity contribution in [1.82, 2.24) is 9.78 Å². The van der Waals surface area contributed by atoms with Crippen LogP contribution in [0.15, 0.2) is 6.20 Å². The van der Waals surface area contributed by atoms with Crippen LogP contribution in [0, 0.1) is 5.92 Å². The Balaban J connectivity index is 2.23. The molecular weight excluding hydrogens is 204 g/mol. The number of aliphatic hydroxyl groups is 1. The summed E-state index contributed by atoms with van der Waals surface area (Å²) in [5.41, 5.74) is 0.824. The van der Waals surface area contributed by atoms with Crippen LogP contribution in [-0.4, -0.2) is 22.0 Å². The van der Waals surface area contributed by atoms with Crippen molar-refractivity contribution in [3.63, 3.8) is 0 Å². The maximum absolute atomic E-state index is 10.2. The molecule has 0 bridgehead atoms. The molecule has 1 N–H and O–H groups in total. The van der Waals surface area contributed by atoms with Gasteiger partial charge in [0.25, 0.3) is 0 Å². The van der Waals surface area contributed by atoms with Crippen LogP contribution in [0.5, 0.6) is 5.75 Å². The fourth-order valence-electron chi connectivity index (χ4n) is 2.02. The van der Waals surface area contributed by atoms with Crippen molar-refractivity contribution in [3.8, 4) is 5.75 Å². The third kappa shape index (κ3) is 2.21. The van der Waals surface area contributed by atoms with Crippen LogP contribution in [0.3, 0.4) is 0 Å². The minimum Gasteiger partial charge on any atom is -0.493 e. The van der Waals surface area contributed by atoms with E-state index in [1.807, 2.05) is 4.68 Å². The molecule has 1 heterocycles. The third-order valence-corrected chi connectivity index (χ3v) is 3.08. The molecule has 1 aliphatic rings. The van der Waals surface area contributed by atoms with Crippen LogP contribution in [0.4, 0.5) is 0 Å². The summed E-state index contributed by atoms with van der Waals surface area (Å²) in [7, 11) is 1.62. The average molecular weight is 224 g/mol. The highest BCUT2D eigenvalue weighted by Crippen LogP contribution is 2.40. The first kappa shape index (κ1) is 11.5. The highest BCUT2D eigenvalue weighted by molar-refractivity contribution is 5.27. The Morgan fingerprint density at radius 1 is 1.56 bits per heavy atom. The van der Waals surface area contributed by atoms with E-state index in [9.17, 15) is 5.11 Å². The van der Waals surface area contributed by atoms with Gasteiger partial charge in [0.15, 0.2) is 5.75 Å². The molecule has 1 saturated carbocycles. The van der Waals surface area contributed by atoms with Gasteiger partial charge in [-0.15, -0.1) is 0 Å². The Hall–Kier alpha value is -1.03. The zero-order valence-corrected chi connectivity index (χ0v) is 10.2. The number of nitrogens with zero attached hydrogens (tertiary/aromatic N) is 2. The Morgan fingerprint density at radius 3 is 2.75 bits per heavy atom. The molecule has 0 spiro atoms. The molecule has 0 aromatic carbocycles. The van der Waals surface area contributed by atoms with E-state index in [1.54, 1.807) is 13.3 Å². The third-order valence-electron chi connectivity index (χ3n) is 3.08.